The fourth-order valence-corrected chi connectivity index (χ4v) is 3.31. The summed E-state index contributed by atoms with van der Waals surface area (Å²) in [7, 11) is 0. The predicted molar refractivity (Wildman–Crippen MR) is 85.7 cm³/mol. The van der Waals surface area contributed by atoms with Crippen LogP contribution in [0.4, 0.5) is 0 Å². The molecular formula is C15H17NO2S2. The van der Waals surface area contributed by atoms with Crippen LogP contribution < -0.4 is 14.8 Å². The molecule has 0 saturated carbocycles. The highest BCUT2D eigenvalue weighted by molar-refractivity contribution is 7.11. The van der Waals surface area contributed by atoms with Gasteiger partial charge < -0.3 is 4.98 Å². The predicted octanol–water partition coefficient (Wildman–Crippen LogP) is 2.03. The fraction of sp³-hybridized carbons (Fsp3) is 0.333. The van der Waals surface area contributed by atoms with E-state index in [0.717, 1.165) is 10.4 Å². The minimum Gasteiger partial charge on any atom is -0.313 e. The molecule has 0 spiro atoms. The van der Waals surface area contributed by atoms with Crippen molar-refractivity contribution in [3.8, 4) is 0 Å². The number of thiophene rings is 1. The van der Waals surface area contributed by atoms with Crippen LogP contribution in [0.1, 0.15) is 31.2 Å². The summed E-state index contributed by atoms with van der Waals surface area (Å²) in [5.74, 6) is 0.00820. The molecule has 0 aliphatic heterocycles. The van der Waals surface area contributed by atoms with Crippen LogP contribution in [0.15, 0.2) is 16.2 Å². The van der Waals surface area contributed by atoms with Crippen molar-refractivity contribution in [3.05, 3.63) is 41.4 Å². The number of aromatic amines is 1. The highest BCUT2D eigenvalue weighted by Gasteiger charge is 2.18. The molecule has 2 aromatic heterocycles. The van der Waals surface area contributed by atoms with Crippen LogP contribution >= 0.6 is 22.7 Å². The van der Waals surface area contributed by atoms with E-state index in [1.165, 1.54) is 17.4 Å². The largest absolute Gasteiger partial charge is 0.313 e. The van der Waals surface area contributed by atoms with Crippen molar-refractivity contribution in [1.29, 1.82) is 0 Å². The minimum atomic E-state index is -0.435. The first kappa shape index (κ1) is 14.9. The van der Waals surface area contributed by atoms with Crippen LogP contribution in [0.3, 0.4) is 0 Å². The zero-order valence-electron chi connectivity index (χ0n) is 11.9. The normalized spacial score (nSPS) is 14.0. The van der Waals surface area contributed by atoms with E-state index in [1.54, 1.807) is 11.3 Å². The second-order valence-corrected chi connectivity index (χ2v) is 7.69. The topological polar surface area (TPSA) is 49.9 Å². The Balaban J connectivity index is 2.49. The molecule has 2 aromatic rings. The lowest BCUT2D eigenvalue weighted by atomic mass is 9.91. The zero-order valence-corrected chi connectivity index (χ0v) is 13.6. The summed E-state index contributed by atoms with van der Waals surface area (Å²) in [5, 5.41) is 2.00. The molecule has 0 saturated heterocycles. The van der Waals surface area contributed by atoms with E-state index in [2.05, 4.69) is 4.98 Å². The average molecular weight is 307 g/mol. The number of thiazole rings is 1. The number of carbonyl (C=O) groups is 1. The average Bonchev–Trinajstić information content (AvgIpc) is 2.86. The molecule has 0 fully saturated rings. The van der Waals surface area contributed by atoms with Gasteiger partial charge in [0.15, 0.2) is 5.78 Å². The molecule has 106 valence electrons. The number of H-pyrrole nitrogens is 1. The zero-order chi connectivity index (χ0) is 14.9. The summed E-state index contributed by atoms with van der Waals surface area (Å²) in [6.07, 6.45) is 3.40. The number of Topliss-reactive ketones (excluding diaryl/α,β-unsaturated/α-hetero) is 1. The lowest BCUT2D eigenvalue weighted by molar-refractivity contribution is -0.119. The lowest BCUT2D eigenvalue weighted by Crippen LogP contribution is -2.22. The highest BCUT2D eigenvalue weighted by atomic mass is 32.1. The summed E-state index contributed by atoms with van der Waals surface area (Å²) < 4.78 is 1.24. The molecule has 0 aliphatic carbocycles. The van der Waals surface area contributed by atoms with Gasteiger partial charge in [-0.2, -0.15) is 0 Å². The van der Waals surface area contributed by atoms with Crippen molar-refractivity contribution in [2.45, 2.75) is 27.7 Å². The van der Waals surface area contributed by atoms with Crippen LogP contribution in [0.2, 0.25) is 0 Å². The molecule has 0 aromatic carbocycles. The monoisotopic (exact) mass is 307 g/mol. The molecular weight excluding hydrogens is 290 g/mol. The van der Waals surface area contributed by atoms with Gasteiger partial charge in [0.2, 0.25) is 0 Å². The van der Waals surface area contributed by atoms with E-state index in [-0.39, 0.29) is 11.3 Å². The van der Waals surface area contributed by atoms with E-state index in [1.807, 2.05) is 45.2 Å². The maximum atomic E-state index is 11.9. The second kappa shape index (κ2) is 5.50. The molecule has 3 nitrogen and oxygen atoms in total. The Labute approximate surface area is 125 Å². The Morgan fingerprint density at radius 3 is 2.60 bits per heavy atom. The third-order valence-electron chi connectivity index (χ3n) is 2.85. The molecule has 0 bridgehead atoms. The van der Waals surface area contributed by atoms with Gasteiger partial charge in [-0.05, 0) is 30.0 Å². The molecule has 0 aliphatic rings. The van der Waals surface area contributed by atoms with E-state index < -0.39 is 5.41 Å². The summed E-state index contributed by atoms with van der Waals surface area (Å²) in [5.41, 5.74) is 0.574. The highest BCUT2D eigenvalue weighted by Crippen LogP contribution is 2.16. The van der Waals surface area contributed by atoms with Crippen molar-refractivity contribution in [1.82, 2.24) is 4.98 Å². The summed E-state index contributed by atoms with van der Waals surface area (Å²) in [6.45, 7) is 7.60. The maximum Gasteiger partial charge on any atom is 0.266 e. The molecule has 0 atom stereocenters. The molecule has 0 radical (unpaired) electrons. The third kappa shape index (κ3) is 3.35. The molecule has 0 unspecified atom stereocenters. The van der Waals surface area contributed by atoms with Crippen molar-refractivity contribution >= 4 is 40.6 Å². The van der Waals surface area contributed by atoms with Gasteiger partial charge in [0.1, 0.15) is 0 Å². The first-order valence-corrected chi connectivity index (χ1v) is 7.98. The SMILES string of the molecule is Cc1ccsc1C=c1sc(=CC(=O)C(C)(C)C)[nH]c1=O. The number of ketones is 1. The van der Waals surface area contributed by atoms with Crippen LogP contribution in [-0.4, -0.2) is 10.8 Å². The summed E-state index contributed by atoms with van der Waals surface area (Å²) in [6, 6.07) is 2.02. The summed E-state index contributed by atoms with van der Waals surface area (Å²) in [4.78, 5) is 27.7. The van der Waals surface area contributed by atoms with Crippen LogP contribution in [0, 0.1) is 12.3 Å². The Bertz CT molecular complexity index is 800. The summed E-state index contributed by atoms with van der Waals surface area (Å²) >= 11 is 2.92. The van der Waals surface area contributed by atoms with Crippen molar-refractivity contribution in [2.75, 3.05) is 0 Å². The maximum absolute atomic E-state index is 11.9. The third-order valence-corrected chi connectivity index (χ3v) is 4.77. The first-order valence-electron chi connectivity index (χ1n) is 6.28. The van der Waals surface area contributed by atoms with Gasteiger partial charge in [-0.3, -0.25) is 9.59 Å². The van der Waals surface area contributed by atoms with Crippen molar-refractivity contribution in [2.24, 2.45) is 5.41 Å². The van der Waals surface area contributed by atoms with E-state index in [4.69, 9.17) is 0 Å². The van der Waals surface area contributed by atoms with Gasteiger partial charge in [-0.1, -0.05) is 20.8 Å². The van der Waals surface area contributed by atoms with Crippen LogP contribution in [0.25, 0.3) is 12.2 Å². The smallest absolute Gasteiger partial charge is 0.266 e. The number of hydrogen-bond acceptors (Lipinski definition) is 4. The van der Waals surface area contributed by atoms with Crippen LogP contribution in [-0.2, 0) is 4.79 Å². The number of aromatic nitrogens is 1. The Kier molecular flexibility index (Phi) is 4.11. The van der Waals surface area contributed by atoms with E-state index in [0.29, 0.717) is 9.20 Å². The minimum absolute atomic E-state index is 0.00820. The Hall–Kier alpha value is -1.46. The molecule has 20 heavy (non-hydrogen) atoms. The number of rotatable bonds is 2. The molecule has 0 amide bonds. The van der Waals surface area contributed by atoms with Gasteiger partial charge >= 0.3 is 0 Å². The van der Waals surface area contributed by atoms with Gasteiger partial charge in [0.05, 0.1) is 9.20 Å². The van der Waals surface area contributed by atoms with Crippen LogP contribution in [0.5, 0.6) is 0 Å². The quantitative estimate of drug-likeness (QED) is 0.923. The fourth-order valence-electron chi connectivity index (χ4n) is 1.51. The van der Waals surface area contributed by atoms with Gasteiger partial charge in [-0.15, -0.1) is 22.7 Å². The van der Waals surface area contributed by atoms with Crippen molar-refractivity contribution in [3.63, 3.8) is 0 Å². The number of carbonyl (C=O) groups excluding carboxylic acids is 1. The van der Waals surface area contributed by atoms with Gasteiger partial charge in [-0.25, -0.2) is 0 Å². The first-order chi connectivity index (χ1) is 9.27. The lowest BCUT2D eigenvalue weighted by Gasteiger charge is -2.12. The molecule has 1 N–H and O–H groups in total. The second-order valence-electron chi connectivity index (χ2n) is 5.66. The van der Waals surface area contributed by atoms with E-state index in [9.17, 15) is 9.59 Å². The number of hydrogen-bond donors (Lipinski definition) is 1. The molecule has 2 heterocycles. The Morgan fingerprint density at radius 1 is 1.35 bits per heavy atom. The van der Waals surface area contributed by atoms with Gasteiger partial charge in [0.25, 0.3) is 5.56 Å². The standard InChI is InChI=1S/C15H17NO2S2/c1-9-5-6-19-10(9)7-11-14(18)16-13(20-11)8-12(17)15(2,3)4/h5-8H,1-4H3,(H,16,18). The molecule has 2 rings (SSSR count). The van der Waals surface area contributed by atoms with Gasteiger partial charge in [0, 0.05) is 16.4 Å². The molecule has 5 heteroatoms. The number of aryl methyl sites for hydroxylation is 1. The number of nitrogens with one attached hydrogen (secondary N) is 1. The Morgan fingerprint density at radius 2 is 2.05 bits per heavy atom. The van der Waals surface area contributed by atoms with E-state index >= 15 is 0 Å². The van der Waals surface area contributed by atoms with Crippen molar-refractivity contribution < 1.29 is 4.79 Å².